The molecule has 0 atom stereocenters. The monoisotopic (exact) mass is 453 g/mol. The second-order valence-corrected chi connectivity index (χ2v) is 7.93. The first-order chi connectivity index (χ1) is 15.0. The van der Waals surface area contributed by atoms with E-state index in [1.54, 1.807) is 6.07 Å². The molecule has 4 rings (SSSR count). The Hall–Kier alpha value is -2.75. The van der Waals surface area contributed by atoms with Crippen LogP contribution in [0.2, 0.25) is 10.0 Å². The van der Waals surface area contributed by atoms with Gasteiger partial charge in [0.25, 0.3) is 0 Å². The molecular formula is C26H22Cl2FNO. The summed E-state index contributed by atoms with van der Waals surface area (Å²) in [6.45, 7) is 4.61. The maximum absolute atomic E-state index is 13.7. The Balaban J connectivity index is 2.02. The van der Waals surface area contributed by atoms with Gasteiger partial charge in [0.15, 0.2) is 0 Å². The fraction of sp³-hybridized carbons (Fsp3) is 0.154. The minimum atomic E-state index is -0.365. The van der Waals surface area contributed by atoms with Gasteiger partial charge in [0.05, 0.1) is 22.3 Å². The number of benzene rings is 3. The highest BCUT2D eigenvalue weighted by atomic mass is 35.5. The van der Waals surface area contributed by atoms with E-state index in [4.69, 9.17) is 27.9 Å². The van der Waals surface area contributed by atoms with E-state index in [-0.39, 0.29) is 5.82 Å². The van der Waals surface area contributed by atoms with Crippen molar-refractivity contribution in [3.8, 4) is 5.75 Å². The van der Waals surface area contributed by atoms with E-state index in [2.05, 4.69) is 11.9 Å². The molecule has 1 heterocycles. The van der Waals surface area contributed by atoms with Gasteiger partial charge in [-0.25, -0.2) is 4.39 Å². The molecular weight excluding hydrogens is 432 g/mol. The molecule has 5 heteroatoms. The molecule has 31 heavy (non-hydrogen) atoms. The van der Waals surface area contributed by atoms with Crippen LogP contribution in [0.25, 0.3) is 22.0 Å². The van der Waals surface area contributed by atoms with E-state index in [9.17, 15) is 4.39 Å². The lowest BCUT2D eigenvalue weighted by Crippen LogP contribution is -1.98. The molecule has 4 aromatic rings. The highest BCUT2D eigenvalue weighted by Crippen LogP contribution is 2.41. The van der Waals surface area contributed by atoms with Crippen molar-refractivity contribution in [3.63, 3.8) is 0 Å². The number of halogens is 3. The summed E-state index contributed by atoms with van der Waals surface area (Å²) in [6.07, 6.45) is 0.680. The Kier molecular flexibility index (Phi) is 6.35. The van der Waals surface area contributed by atoms with Crippen molar-refractivity contribution in [2.75, 3.05) is 6.61 Å². The molecule has 0 aliphatic carbocycles. The van der Waals surface area contributed by atoms with Crippen molar-refractivity contribution in [1.82, 2.24) is 4.98 Å². The zero-order valence-electron chi connectivity index (χ0n) is 17.3. The molecule has 0 aliphatic heterocycles. The maximum atomic E-state index is 13.7. The number of hydrogen-bond acceptors (Lipinski definition) is 1. The van der Waals surface area contributed by atoms with Crippen LogP contribution in [0.4, 0.5) is 4.39 Å². The Bertz CT molecular complexity index is 1260. The van der Waals surface area contributed by atoms with Gasteiger partial charge in [0.1, 0.15) is 11.6 Å². The highest BCUT2D eigenvalue weighted by molar-refractivity contribution is 6.38. The second kappa shape index (κ2) is 9.17. The molecule has 1 N–H and O–H groups in total. The largest absolute Gasteiger partial charge is 0.494 e. The maximum Gasteiger partial charge on any atom is 0.124 e. The summed E-state index contributed by atoms with van der Waals surface area (Å²) in [5, 5.41) is 1.96. The SMILES string of the molecule is CCOc1ccc(/C(=C(/CC)c2ccc(F)cc2Cl)c2[nH]c3ccccc3c2Cl)cc1. The first-order valence-electron chi connectivity index (χ1n) is 10.2. The quantitative estimate of drug-likeness (QED) is 0.291. The summed E-state index contributed by atoms with van der Waals surface area (Å²) in [7, 11) is 0. The Labute approximate surface area is 191 Å². The van der Waals surface area contributed by atoms with Crippen LogP contribution in [-0.4, -0.2) is 11.6 Å². The average molecular weight is 454 g/mol. The molecule has 0 spiro atoms. The van der Waals surface area contributed by atoms with Crippen LogP contribution in [0.5, 0.6) is 5.75 Å². The zero-order valence-corrected chi connectivity index (χ0v) is 18.8. The van der Waals surface area contributed by atoms with E-state index in [1.165, 1.54) is 12.1 Å². The molecule has 0 fully saturated rings. The fourth-order valence-corrected chi connectivity index (χ4v) is 4.46. The fourth-order valence-electron chi connectivity index (χ4n) is 3.87. The number of aromatic nitrogens is 1. The number of hydrogen-bond donors (Lipinski definition) is 1. The number of fused-ring (bicyclic) bond motifs is 1. The number of nitrogens with one attached hydrogen (secondary N) is 1. The Morgan fingerprint density at radius 1 is 0.968 bits per heavy atom. The number of rotatable bonds is 6. The third-order valence-electron chi connectivity index (χ3n) is 5.26. The molecule has 158 valence electrons. The van der Waals surface area contributed by atoms with Gasteiger partial charge in [-0.1, -0.05) is 66.5 Å². The molecule has 1 aromatic heterocycles. The lowest BCUT2D eigenvalue weighted by molar-refractivity contribution is 0.340. The van der Waals surface area contributed by atoms with E-state index >= 15 is 0 Å². The number of aromatic amines is 1. The van der Waals surface area contributed by atoms with Gasteiger partial charge in [-0.05, 0) is 60.4 Å². The van der Waals surface area contributed by atoms with Crippen molar-refractivity contribution in [1.29, 1.82) is 0 Å². The summed E-state index contributed by atoms with van der Waals surface area (Å²) in [4.78, 5) is 3.48. The van der Waals surface area contributed by atoms with Crippen molar-refractivity contribution in [2.24, 2.45) is 0 Å². The molecule has 0 unspecified atom stereocenters. The van der Waals surface area contributed by atoms with Crippen LogP contribution in [0.15, 0.2) is 66.7 Å². The van der Waals surface area contributed by atoms with Crippen molar-refractivity contribution in [2.45, 2.75) is 20.3 Å². The first-order valence-corrected chi connectivity index (χ1v) is 11.0. The van der Waals surface area contributed by atoms with Crippen molar-refractivity contribution < 1.29 is 9.13 Å². The van der Waals surface area contributed by atoms with Gasteiger partial charge in [-0.2, -0.15) is 0 Å². The van der Waals surface area contributed by atoms with E-state index in [1.807, 2.05) is 55.5 Å². The van der Waals surface area contributed by atoms with E-state index < -0.39 is 0 Å². The van der Waals surface area contributed by atoms with Crippen LogP contribution in [0.3, 0.4) is 0 Å². The molecule has 0 saturated heterocycles. The molecule has 3 aromatic carbocycles. The zero-order chi connectivity index (χ0) is 22.0. The van der Waals surface area contributed by atoms with Gasteiger partial charge in [-0.3, -0.25) is 0 Å². The predicted octanol–water partition coefficient (Wildman–Crippen LogP) is 8.38. The third-order valence-corrected chi connectivity index (χ3v) is 5.96. The number of H-pyrrole nitrogens is 1. The molecule has 0 aliphatic rings. The van der Waals surface area contributed by atoms with Gasteiger partial charge in [-0.15, -0.1) is 0 Å². The summed E-state index contributed by atoms with van der Waals surface area (Å²) in [6, 6.07) is 20.3. The smallest absolute Gasteiger partial charge is 0.124 e. The number of para-hydroxylation sites is 1. The summed E-state index contributed by atoms with van der Waals surface area (Å²) in [5.41, 5.74) is 5.41. The van der Waals surface area contributed by atoms with Crippen LogP contribution < -0.4 is 4.74 Å². The minimum Gasteiger partial charge on any atom is -0.494 e. The molecule has 0 bridgehead atoms. The van der Waals surface area contributed by atoms with E-state index in [0.717, 1.165) is 44.6 Å². The molecule has 0 radical (unpaired) electrons. The topological polar surface area (TPSA) is 25.0 Å². The highest BCUT2D eigenvalue weighted by Gasteiger charge is 2.20. The van der Waals surface area contributed by atoms with Crippen molar-refractivity contribution >= 4 is 45.3 Å². The van der Waals surface area contributed by atoms with Gasteiger partial charge >= 0.3 is 0 Å². The molecule has 0 amide bonds. The van der Waals surface area contributed by atoms with Gasteiger partial charge in [0.2, 0.25) is 0 Å². The summed E-state index contributed by atoms with van der Waals surface area (Å²) < 4.78 is 19.3. The number of allylic oxidation sites excluding steroid dienone is 1. The standard InChI is InChI=1S/C26H22Cl2FNO/c1-3-19(20-14-11-17(29)15-22(20)27)24(16-9-12-18(13-10-16)31-4-2)26-25(28)21-7-5-6-8-23(21)30-26/h5-15,30H,3-4H2,1-2H3/b24-19+. The Morgan fingerprint density at radius 2 is 1.71 bits per heavy atom. The normalized spacial score (nSPS) is 12.2. The summed E-state index contributed by atoms with van der Waals surface area (Å²) in [5.74, 6) is 0.432. The summed E-state index contributed by atoms with van der Waals surface area (Å²) >= 11 is 13.3. The third kappa shape index (κ3) is 4.21. The first kappa shape index (κ1) is 21.5. The molecule has 0 saturated carbocycles. The lowest BCUT2D eigenvalue weighted by Gasteiger charge is -2.17. The van der Waals surface area contributed by atoms with Crippen molar-refractivity contribution in [3.05, 3.63) is 99.4 Å². The van der Waals surface area contributed by atoms with Crippen LogP contribution in [-0.2, 0) is 0 Å². The average Bonchev–Trinajstić information content (AvgIpc) is 3.10. The van der Waals surface area contributed by atoms with Crippen LogP contribution in [0, 0.1) is 5.82 Å². The van der Waals surface area contributed by atoms with Crippen LogP contribution in [0.1, 0.15) is 37.1 Å². The molecule has 2 nitrogen and oxygen atoms in total. The number of ether oxygens (including phenoxy) is 1. The second-order valence-electron chi connectivity index (χ2n) is 7.15. The minimum absolute atomic E-state index is 0.365. The van der Waals surface area contributed by atoms with Gasteiger partial charge < -0.3 is 9.72 Å². The van der Waals surface area contributed by atoms with Gasteiger partial charge in [0, 0.05) is 16.5 Å². The Morgan fingerprint density at radius 3 is 2.35 bits per heavy atom. The van der Waals surface area contributed by atoms with E-state index in [0.29, 0.717) is 23.1 Å². The van der Waals surface area contributed by atoms with Crippen LogP contribution >= 0.6 is 23.2 Å². The predicted molar refractivity (Wildman–Crippen MR) is 129 cm³/mol. The lowest BCUT2D eigenvalue weighted by atomic mass is 9.90.